The van der Waals surface area contributed by atoms with Crippen LogP contribution in [-0.2, 0) is 11.2 Å². The first-order valence-electron chi connectivity index (χ1n) is 10.4. The minimum absolute atomic E-state index is 0.0994. The van der Waals surface area contributed by atoms with Crippen LogP contribution in [0.5, 0.6) is 0 Å². The van der Waals surface area contributed by atoms with E-state index in [4.69, 9.17) is 0 Å². The average Bonchev–Trinajstić information content (AvgIpc) is 3.54. The van der Waals surface area contributed by atoms with Crippen molar-refractivity contribution in [3.63, 3.8) is 0 Å². The molecule has 0 saturated heterocycles. The van der Waals surface area contributed by atoms with Crippen molar-refractivity contribution in [1.29, 1.82) is 0 Å². The predicted octanol–water partition coefficient (Wildman–Crippen LogP) is 3.72. The third kappa shape index (κ3) is 4.42. The maximum atomic E-state index is 12.4. The van der Waals surface area contributed by atoms with Gasteiger partial charge in [0.2, 0.25) is 5.91 Å². The largest absolute Gasteiger partial charge is 0.325 e. The molecule has 0 bridgehead atoms. The van der Waals surface area contributed by atoms with Crippen LogP contribution in [0.15, 0.2) is 65.8 Å². The van der Waals surface area contributed by atoms with E-state index in [1.54, 1.807) is 24.5 Å². The van der Waals surface area contributed by atoms with Gasteiger partial charge < -0.3 is 10.6 Å². The van der Waals surface area contributed by atoms with Gasteiger partial charge in [0.05, 0.1) is 6.20 Å². The summed E-state index contributed by atoms with van der Waals surface area (Å²) in [5.41, 5.74) is 5.75. The van der Waals surface area contributed by atoms with Gasteiger partial charge in [-0.1, -0.05) is 24.3 Å². The second kappa shape index (κ2) is 8.54. The monoisotopic (exact) mass is 439 g/mol. The molecular weight excluding hydrogens is 418 g/mol. The SMILES string of the molecule is Cc1cc(C(=O)Nc2ccc(Cc3ccc4c(c3)C(C=Nc3ccn[nH]3)C(=O)N4)cc2)n[nH]1. The van der Waals surface area contributed by atoms with Crippen LogP contribution in [0, 0.1) is 6.92 Å². The van der Waals surface area contributed by atoms with E-state index in [0.717, 1.165) is 28.1 Å². The Hall–Kier alpha value is -4.53. The van der Waals surface area contributed by atoms with Crippen LogP contribution in [0.2, 0.25) is 0 Å². The zero-order chi connectivity index (χ0) is 22.8. The van der Waals surface area contributed by atoms with Crippen molar-refractivity contribution < 1.29 is 9.59 Å². The maximum absolute atomic E-state index is 12.4. The van der Waals surface area contributed by atoms with E-state index < -0.39 is 5.92 Å². The number of aromatic amines is 2. The van der Waals surface area contributed by atoms with Gasteiger partial charge in [0.25, 0.3) is 5.91 Å². The van der Waals surface area contributed by atoms with E-state index in [1.165, 1.54) is 0 Å². The maximum Gasteiger partial charge on any atom is 0.276 e. The third-order valence-corrected chi connectivity index (χ3v) is 5.40. The topological polar surface area (TPSA) is 128 Å². The van der Waals surface area contributed by atoms with Gasteiger partial charge in [-0.2, -0.15) is 10.2 Å². The van der Waals surface area contributed by atoms with Crippen molar-refractivity contribution in [2.45, 2.75) is 19.3 Å². The molecule has 9 nitrogen and oxygen atoms in total. The molecule has 2 aromatic heterocycles. The van der Waals surface area contributed by atoms with Crippen molar-refractivity contribution in [2.24, 2.45) is 4.99 Å². The first kappa shape index (κ1) is 20.4. The van der Waals surface area contributed by atoms with Gasteiger partial charge in [-0.05, 0) is 54.3 Å². The van der Waals surface area contributed by atoms with Crippen molar-refractivity contribution in [2.75, 3.05) is 10.6 Å². The highest BCUT2D eigenvalue weighted by Gasteiger charge is 2.29. The first-order valence-corrected chi connectivity index (χ1v) is 10.4. The molecule has 5 rings (SSSR count). The van der Waals surface area contributed by atoms with Crippen LogP contribution in [0.3, 0.4) is 0 Å². The Labute approximate surface area is 189 Å². The molecule has 4 aromatic rings. The zero-order valence-corrected chi connectivity index (χ0v) is 17.8. The number of aryl methyl sites for hydroxylation is 1. The standard InChI is InChI=1S/C24H21N7O2/c1-14-10-21(30-29-14)24(33)27-17-5-2-15(3-6-17)11-16-4-7-20-18(12-16)19(23(32)28-20)13-25-22-8-9-26-31-22/h2-10,12-13,19H,11H2,1H3,(H,26,31)(H,27,33)(H,28,32)(H,29,30). The smallest absolute Gasteiger partial charge is 0.276 e. The molecule has 0 saturated carbocycles. The molecule has 3 heterocycles. The molecule has 164 valence electrons. The summed E-state index contributed by atoms with van der Waals surface area (Å²) < 4.78 is 0. The molecule has 2 amide bonds. The number of hydrogen-bond acceptors (Lipinski definition) is 5. The van der Waals surface area contributed by atoms with E-state index in [1.807, 2.05) is 49.4 Å². The number of aliphatic imine (C=N–C) groups is 1. The summed E-state index contributed by atoms with van der Waals surface area (Å²) in [5.74, 6) is -0.211. The van der Waals surface area contributed by atoms with Crippen molar-refractivity contribution >= 4 is 35.2 Å². The Morgan fingerprint density at radius 1 is 1.09 bits per heavy atom. The van der Waals surface area contributed by atoms with Gasteiger partial charge in [0.15, 0.2) is 5.69 Å². The van der Waals surface area contributed by atoms with Crippen molar-refractivity contribution in [1.82, 2.24) is 20.4 Å². The molecule has 0 fully saturated rings. The lowest BCUT2D eigenvalue weighted by Crippen LogP contribution is -2.12. The Kier molecular flexibility index (Phi) is 5.27. The fourth-order valence-corrected chi connectivity index (χ4v) is 3.74. The number of H-pyrrole nitrogens is 2. The fourth-order valence-electron chi connectivity index (χ4n) is 3.74. The second-order valence-electron chi connectivity index (χ2n) is 7.87. The summed E-state index contributed by atoms with van der Waals surface area (Å²) in [6, 6.07) is 17.1. The van der Waals surface area contributed by atoms with Crippen molar-refractivity contribution in [3.8, 4) is 0 Å². The highest BCUT2D eigenvalue weighted by atomic mass is 16.2. The zero-order valence-electron chi connectivity index (χ0n) is 17.8. The Morgan fingerprint density at radius 3 is 2.64 bits per heavy atom. The van der Waals surface area contributed by atoms with E-state index in [2.05, 4.69) is 36.0 Å². The van der Waals surface area contributed by atoms with Crippen LogP contribution < -0.4 is 10.6 Å². The molecule has 1 atom stereocenters. The van der Waals surface area contributed by atoms with Gasteiger partial charge in [0, 0.05) is 29.3 Å². The van der Waals surface area contributed by atoms with Crippen LogP contribution in [0.4, 0.5) is 17.2 Å². The number of anilines is 2. The van der Waals surface area contributed by atoms with Crippen LogP contribution in [-0.4, -0.2) is 38.4 Å². The number of carbonyl (C=O) groups excluding carboxylic acids is 2. The van der Waals surface area contributed by atoms with Gasteiger partial charge in [-0.15, -0.1) is 0 Å². The first-order chi connectivity index (χ1) is 16.0. The number of amides is 2. The number of rotatable bonds is 6. The lowest BCUT2D eigenvalue weighted by atomic mass is 9.96. The lowest BCUT2D eigenvalue weighted by Gasteiger charge is -2.08. The number of hydrogen-bond donors (Lipinski definition) is 4. The minimum atomic E-state index is -0.452. The number of aromatic nitrogens is 4. The lowest BCUT2D eigenvalue weighted by molar-refractivity contribution is -0.115. The number of nitrogens with zero attached hydrogens (tertiary/aromatic N) is 3. The molecule has 9 heteroatoms. The van der Waals surface area contributed by atoms with Crippen molar-refractivity contribution in [3.05, 3.63) is 88.9 Å². The molecule has 0 aliphatic carbocycles. The normalized spacial score (nSPS) is 14.9. The molecule has 1 aliphatic heterocycles. The highest BCUT2D eigenvalue weighted by molar-refractivity contribution is 6.12. The predicted molar refractivity (Wildman–Crippen MR) is 125 cm³/mol. The summed E-state index contributed by atoms with van der Waals surface area (Å²) in [6.07, 6.45) is 3.94. The van der Waals surface area contributed by atoms with Crippen LogP contribution in [0.25, 0.3) is 0 Å². The van der Waals surface area contributed by atoms with Crippen LogP contribution in [0.1, 0.15) is 38.8 Å². The Balaban J connectivity index is 1.28. The van der Waals surface area contributed by atoms with Gasteiger partial charge in [-0.3, -0.25) is 19.8 Å². The van der Waals surface area contributed by atoms with Gasteiger partial charge >= 0.3 is 0 Å². The van der Waals surface area contributed by atoms with E-state index in [0.29, 0.717) is 23.6 Å². The highest BCUT2D eigenvalue weighted by Crippen LogP contribution is 2.33. The molecule has 2 aromatic carbocycles. The molecule has 0 spiro atoms. The minimum Gasteiger partial charge on any atom is -0.325 e. The summed E-state index contributed by atoms with van der Waals surface area (Å²) in [7, 11) is 0. The summed E-state index contributed by atoms with van der Waals surface area (Å²) in [6.45, 7) is 1.85. The second-order valence-corrected chi connectivity index (χ2v) is 7.87. The average molecular weight is 439 g/mol. The molecule has 33 heavy (non-hydrogen) atoms. The molecule has 1 aliphatic rings. The van der Waals surface area contributed by atoms with E-state index >= 15 is 0 Å². The third-order valence-electron chi connectivity index (χ3n) is 5.40. The Morgan fingerprint density at radius 2 is 1.91 bits per heavy atom. The number of nitrogens with one attached hydrogen (secondary N) is 4. The molecule has 4 N–H and O–H groups in total. The molecule has 1 unspecified atom stereocenters. The quantitative estimate of drug-likeness (QED) is 0.341. The summed E-state index contributed by atoms with van der Waals surface area (Å²) in [5, 5.41) is 19.1. The molecular formula is C24H21N7O2. The van der Waals surface area contributed by atoms with Crippen LogP contribution >= 0.6 is 0 Å². The Bertz CT molecular complexity index is 1340. The van der Waals surface area contributed by atoms with E-state index in [-0.39, 0.29) is 11.8 Å². The fraction of sp³-hybridized carbons (Fsp3) is 0.125. The van der Waals surface area contributed by atoms with Gasteiger partial charge in [-0.25, -0.2) is 4.99 Å². The summed E-state index contributed by atoms with van der Waals surface area (Å²) >= 11 is 0. The molecule has 0 radical (unpaired) electrons. The number of carbonyl (C=O) groups is 2. The number of fused-ring (bicyclic) bond motifs is 1. The number of benzene rings is 2. The van der Waals surface area contributed by atoms with E-state index in [9.17, 15) is 9.59 Å². The van der Waals surface area contributed by atoms with Gasteiger partial charge in [0.1, 0.15) is 11.7 Å². The summed E-state index contributed by atoms with van der Waals surface area (Å²) in [4.78, 5) is 29.0.